The van der Waals surface area contributed by atoms with Gasteiger partial charge in [0.05, 0.1) is 12.7 Å². The van der Waals surface area contributed by atoms with Crippen molar-refractivity contribution in [1.29, 1.82) is 0 Å². The fourth-order valence-corrected chi connectivity index (χ4v) is 5.67. The van der Waals surface area contributed by atoms with Crippen LogP contribution in [0.5, 0.6) is 0 Å². The summed E-state index contributed by atoms with van der Waals surface area (Å²) >= 11 is 4.21. The van der Waals surface area contributed by atoms with E-state index in [9.17, 15) is 28.2 Å². The second-order valence-electron chi connectivity index (χ2n) is 5.80. The lowest BCUT2D eigenvalue weighted by Gasteiger charge is -2.19. The van der Waals surface area contributed by atoms with Crippen LogP contribution in [0, 0.1) is 6.92 Å². The molecule has 1 aliphatic heterocycles. The first-order valence-corrected chi connectivity index (χ1v) is 12.6. The minimum absolute atomic E-state index is 0.138. The third-order valence-electron chi connectivity index (χ3n) is 3.48. The Labute approximate surface area is 167 Å². The molecule has 5 atom stereocenters. The van der Waals surface area contributed by atoms with Crippen molar-refractivity contribution < 1.29 is 51.2 Å². The minimum Gasteiger partial charge on any atom is -0.351 e. The Morgan fingerprint density at radius 3 is 2.41 bits per heavy atom. The van der Waals surface area contributed by atoms with E-state index < -0.39 is 58.9 Å². The molecule has 0 radical (unpaired) electrons. The Kier molecular flexibility index (Phi) is 7.54. The molecule has 19 heteroatoms. The van der Waals surface area contributed by atoms with Crippen LogP contribution in [0.4, 0.5) is 0 Å². The van der Waals surface area contributed by atoms with Gasteiger partial charge in [-0.1, -0.05) is 0 Å². The highest BCUT2D eigenvalue weighted by atomic mass is 32.1. The highest BCUT2D eigenvalue weighted by Gasteiger charge is 2.42. The van der Waals surface area contributed by atoms with Gasteiger partial charge in [-0.3, -0.25) is 18.9 Å². The van der Waals surface area contributed by atoms with Gasteiger partial charge in [-0.25, -0.2) is 18.5 Å². The number of ether oxygens (including phenoxy) is 1. The maximum Gasteiger partial charge on any atom is 0.490 e. The van der Waals surface area contributed by atoms with Crippen LogP contribution < -0.4 is 11.2 Å². The molecule has 0 bridgehead atoms. The molecule has 3 unspecified atom stereocenters. The molecule has 1 aliphatic rings. The SMILES string of the molecule is Cc1cn([C@H]2CC(S)[C@@H](COP(=O)(O)OP(=O)(O)OP(=O)(O)O)O2)c(=O)[nH]c1=O. The summed E-state index contributed by atoms with van der Waals surface area (Å²) in [6.45, 7) is 0.764. The number of H-pyrrole nitrogens is 1. The summed E-state index contributed by atoms with van der Waals surface area (Å²) in [7, 11) is -16.4. The molecule has 1 aromatic rings. The number of nitrogens with zero attached hydrogens (tertiary/aromatic N) is 1. The maximum absolute atomic E-state index is 11.9. The average molecular weight is 498 g/mol. The second-order valence-corrected chi connectivity index (χ2v) is 10.9. The molecule has 1 aromatic heterocycles. The van der Waals surface area contributed by atoms with E-state index in [2.05, 4.69) is 30.8 Å². The molecule has 5 N–H and O–H groups in total. The van der Waals surface area contributed by atoms with E-state index in [1.165, 1.54) is 13.1 Å². The van der Waals surface area contributed by atoms with Gasteiger partial charge in [0, 0.05) is 23.4 Å². The van der Waals surface area contributed by atoms with Gasteiger partial charge >= 0.3 is 29.2 Å². The molecule has 0 saturated carbocycles. The lowest BCUT2D eigenvalue weighted by molar-refractivity contribution is -0.0235. The predicted octanol–water partition coefficient (Wildman–Crippen LogP) is -0.226. The molecule has 29 heavy (non-hydrogen) atoms. The van der Waals surface area contributed by atoms with Crippen molar-refractivity contribution in [2.75, 3.05) is 6.61 Å². The fourth-order valence-electron chi connectivity index (χ4n) is 2.31. The number of aryl methyl sites for hydroxylation is 1. The molecule has 166 valence electrons. The molecule has 15 nitrogen and oxygen atoms in total. The van der Waals surface area contributed by atoms with Gasteiger partial charge in [0.15, 0.2) is 0 Å². The lowest BCUT2D eigenvalue weighted by Crippen LogP contribution is -2.33. The van der Waals surface area contributed by atoms with E-state index in [0.717, 1.165) is 4.57 Å². The number of hydrogen-bond acceptors (Lipinski definition) is 10. The molecule has 1 saturated heterocycles. The first-order valence-electron chi connectivity index (χ1n) is 7.52. The Balaban J connectivity index is 2.03. The van der Waals surface area contributed by atoms with E-state index in [0.29, 0.717) is 0 Å². The van der Waals surface area contributed by atoms with Crippen molar-refractivity contribution in [3.8, 4) is 0 Å². The zero-order valence-corrected chi connectivity index (χ0v) is 18.0. The van der Waals surface area contributed by atoms with Gasteiger partial charge in [-0.15, -0.1) is 0 Å². The fraction of sp³-hybridized carbons (Fsp3) is 0.600. The Bertz CT molecular complexity index is 1020. The van der Waals surface area contributed by atoms with Crippen molar-refractivity contribution in [2.24, 2.45) is 0 Å². The number of phosphoric acid groups is 3. The van der Waals surface area contributed by atoms with E-state index >= 15 is 0 Å². The molecular formula is C10H17N2O13P3S. The first kappa shape index (κ1) is 24.7. The smallest absolute Gasteiger partial charge is 0.351 e. The van der Waals surface area contributed by atoms with Crippen LogP contribution in [0.1, 0.15) is 18.2 Å². The summed E-state index contributed by atoms with van der Waals surface area (Å²) in [5, 5.41) is -0.619. The molecular weight excluding hydrogens is 481 g/mol. The summed E-state index contributed by atoms with van der Waals surface area (Å²) in [4.78, 5) is 60.9. The summed E-state index contributed by atoms with van der Waals surface area (Å²) in [6.07, 6.45) is -0.488. The van der Waals surface area contributed by atoms with Crippen LogP contribution in [0.2, 0.25) is 0 Å². The van der Waals surface area contributed by atoms with Gasteiger partial charge in [-0.05, 0) is 6.92 Å². The van der Waals surface area contributed by atoms with Gasteiger partial charge in [0.1, 0.15) is 6.23 Å². The van der Waals surface area contributed by atoms with Crippen molar-refractivity contribution in [3.05, 3.63) is 32.6 Å². The van der Waals surface area contributed by atoms with Crippen LogP contribution in [0.3, 0.4) is 0 Å². The average Bonchev–Trinajstić information content (AvgIpc) is 2.86. The molecule has 0 aliphatic carbocycles. The van der Waals surface area contributed by atoms with Crippen molar-refractivity contribution >= 4 is 36.1 Å². The van der Waals surface area contributed by atoms with Gasteiger partial charge in [0.2, 0.25) is 0 Å². The normalized spacial score (nSPS) is 26.8. The van der Waals surface area contributed by atoms with Crippen molar-refractivity contribution in [1.82, 2.24) is 9.55 Å². The summed E-state index contributed by atoms with van der Waals surface area (Å²) < 4.78 is 51.9. The minimum atomic E-state index is -5.63. The summed E-state index contributed by atoms with van der Waals surface area (Å²) in [6, 6.07) is 0. The first-order chi connectivity index (χ1) is 13.1. The van der Waals surface area contributed by atoms with Crippen LogP contribution in [-0.2, 0) is 31.6 Å². The monoisotopic (exact) mass is 498 g/mol. The van der Waals surface area contributed by atoms with Crippen LogP contribution >= 0.6 is 36.1 Å². The highest BCUT2D eigenvalue weighted by molar-refractivity contribution is 7.81. The number of nitrogens with one attached hydrogen (secondary N) is 1. The largest absolute Gasteiger partial charge is 0.490 e. The number of thiol groups is 1. The quantitative estimate of drug-likeness (QED) is 0.202. The highest BCUT2D eigenvalue weighted by Crippen LogP contribution is 2.66. The van der Waals surface area contributed by atoms with Crippen LogP contribution in [0.15, 0.2) is 15.8 Å². The van der Waals surface area contributed by atoms with Gasteiger partial charge in [0.25, 0.3) is 5.56 Å². The number of phosphoric ester groups is 1. The molecule has 1 fully saturated rings. The summed E-state index contributed by atoms with van der Waals surface area (Å²) in [5.74, 6) is 0. The molecule has 2 heterocycles. The van der Waals surface area contributed by atoms with E-state index in [1.54, 1.807) is 0 Å². The van der Waals surface area contributed by atoms with Crippen LogP contribution in [0.25, 0.3) is 0 Å². The third-order valence-corrected chi connectivity index (χ3v) is 7.82. The van der Waals surface area contributed by atoms with Gasteiger partial charge in [-0.2, -0.15) is 21.3 Å². The Hall–Kier alpha value is -0.600. The molecule has 0 aromatic carbocycles. The zero-order valence-electron chi connectivity index (χ0n) is 14.4. The van der Waals surface area contributed by atoms with Crippen molar-refractivity contribution in [3.63, 3.8) is 0 Å². The number of hydrogen-bond donors (Lipinski definition) is 6. The topological polar surface area (TPSA) is 224 Å². The van der Waals surface area contributed by atoms with Gasteiger partial charge < -0.3 is 24.3 Å². The second kappa shape index (κ2) is 8.87. The predicted molar refractivity (Wildman–Crippen MR) is 97.2 cm³/mol. The molecule has 2 rings (SSSR count). The summed E-state index contributed by atoms with van der Waals surface area (Å²) in [5.41, 5.74) is -1.09. The van der Waals surface area contributed by atoms with Crippen LogP contribution in [-0.4, -0.2) is 47.1 Å². The number of aromatic nitrogens is 2. The Morgan fingerprint density at radius 1 is 1.21 bits per heavy atom. The number of rotatable bonds is 8. The standard InChI is InChI=1S/C10H17N2O13P3S/c1-5-3-12(10(14)11-9(5)13)8-2-7(29)6(23-8)4-22-27(18,19)25-28(20,21)24-26(15,16)17/h3,6-8,29H,2,4H2,1H3,(H,18,19)(H,20,21)(H,11,13,14)(H2,15,16,17)/t6-,7?,8-/m1/s1. The number of aromatic amines is 1. The van der Waals surface area contributed by atoms with E-state index in [4.69, 9.17) is 19.4 Å². The third kappa shape index (κ3) is 7.24. The Morgan fingerprint density at radius 2 is 1.83 bits per heavy atom. The molecule has 0 spiro atoms. The van der Waals surface area contributed by atoms with E-state index in [-0.39, 0.29) is 12.0 Å². The van der Waals surface area contributed by atoms with Crippen molar-refractivity contribution in [2.45, 2.75) is 30.9 Å². The molecule has 0 amide bonds. The van der Waals surface area contributed by atoms with E-state index in [1.807, 2.05) is 0 Å². The zero-order chi connectivity index (χ0) is 22.2. The maximum atomic E-state index is 11.9. The lowest BCUT2D eigenvalue weighted by atomic mass is 10.2.